The van der Waals surface area contributed by atoms with Crippen LogP contribution in [0.25, 0.3) is 12.2 Å². The number of phenolic OH excluding ortho intramolecular Hbond substituents is 1. The van der Waals surface area contributed by atoms with E-state index in [1.165, 1.54) is 26.5 Å². The van der Waals surface area contributed by atoms with E-state index in [4.69, 9.17) is 23.7 Å². The third-order valence-electron chi connectivity index (χ3n) is 5.34. The van der Waals surface area contributed by atoms with Crippen molar-refractivity contribution in [1.29, 1.82) is 0 Å². The Bertz CT molecular complexity index is 1260. The Hall–Kier alpha value is -4.59. The second-order valence-corrected chi connectivity index (χ2v) is 7.45. The first-order chi connectivity index (χ1) is 17.4. The van der Waals surface area contributed by atoms with Crippen molar-refractivity contribution in [3.63, 3.8) is 0 Å². The van der Waals surface area contributed by atoms with Gasteiger partial charge in [-0.3, -0.25) is 4.79 Å². The van der Waals surface area contributed by atoms with E-state index in [1.807, 2.05) is 6.08 Å². The predicted molar refractivity (Wildman–Crippen MR) is 140 cm³/mol. The first-order valence-corrected chi connectivity index (χ1v) is 10.9. The first-order valence-electron chi connectivity index (χ1n) is 10.9. The molecule has 0 bridgehead atoms. The smallest absolute Gasteiger partial charge is 0.203 e. The molecule has 0 spiro atoms. The fraction of sp³-hybridized carbons (Fsp3) is 0.179. The molecule has 0 fully saturated rings. The minimum absolute atomic E-state index is 0.0262. The van der Waals surface area contributed by atoms with Gasteiger partial charge in [-0.05, 0) is 35.9 Å². The summed E-state index contributed by atoms with van der Waals surface area (Å²) in [7, 11) is 7.62. The molecule has 3 aromatic rings. The van der Waals surface area contributed by atoms with E-state index >= 15 is 0 Å². The number of allylic oxidation sites excluding steroid dienone is 1. The van der Waals surface area contributed by atoms with Gasteiger partial charge in [0.05, 0.1) is 41.1 Å². The van der Waals surface area contributed by atoms with E-state index in [1.54, 1.807) is 75.9 Å². The van der Waals surface area contributed by atoms with E-state index < -0.39 is 0 Å². The number of hydrogen-bond donors (Lipinski definition) is 2. The van der Waals surface area contributed by atoms with E-state index in [-0.39, 0.29) is 17.3 Å². The second-order valence-electron chi connectivity index (χ2n) is 7.45. The SMILES string of the molecule is COc1cc(NC=CC(=O)c2ccccc2OC)c(C=Cc2cc(OC)c(OC)c(OC)c2)cc1O. The van der Waals surface area contributed by atoms with Crippen LogP contribution in [0.5, 0.6) is 34.5 Å². The van der Waals surface area contributed by atoms with Crippen LogP contribution < -0.4 is 29.0 Å². The summed E-state index contributed by atoms with van der Waals surface area (Å²) in [6, 6.07) is 13.8. The van der Waals surface area contributed by atoms with Gasteiger partial charge in [-0.15, -0.1) is 0 Å². The van der Waals surface area contributed by atoms with Crippen molar-refractivity contribution in [2.75, 3.05) is 40.9 Å². The maximum absolute atomic E-state index is 12.6. The molecule has 0 amide bonds. The summed E-state index contributed by atoms with van der Waals surface area (Å²) in [6.07, 6.45) is 6.57. The van der Waals surface area contributed by atoms with Crippen LogP contribution in [0.4, 0.5) is 5.69 Å². The summed E-state index contributed by atoms with van der Waals surface area (Å²) in [4.78, 5) is 12.6. The molecule has 8 heteroatoms. The molecule has 0 saturated heterocycles. The number of carbonyl (C=O) groups excluding carboxylic acids is 1. The van der Waals surface area contributed by atoms with Gasteiger partial charge in [0.15, 0.2) is 28.8 Å². The van der Waals surface area contributed by atoms with Crippen molar-refractivity contribution in [3.8, 4) is 34.5 Å². The minimum Gasteiger partial charge on any atom is -0.504 e. The van der Waals surface area contributed by atoms with E-state index in [0.29, 0.717) is 39.8 Å². The van der Waals surface area contributed by atoms with E-state index in [9.17, 15) is 9.90 Å². The van der Waals surface area contributed by atoms with Crippen LogP contribution in [0.1, 0.15) is 21.5 Å². The number of aromatic hydroxyl groups is 1. The number of benzene rings is 3. The van der Waals surface area contributed by atoms with Crippen LogP contribution in [0.2, 0.25) is 0 Å². The van der Waals surface area contributed by atoms with Gasteiger partial charge in [0.1, 0.15) is 5.75 Å². The van der Waals surface area contributed by atoms with Gasteiger partial charge in [-0.25, -0.2) is 0 Å². The topological polar surface area (TPSA) is 95.5 Å². The largest absolute Gasteiger partial charge is 0.504 e. The highest BCUT2D eigenvalue weighted by molar-refractivity contribution is 6.06. The Kier molecular flexibility index (Phi) is 8.83. The van der Waals surface area contributed by atoms with E-state index in [2.05, 4.69) is 5.32 Å². The lowest BCUT2D eigenvalue weighted by Crippen LogP contribution is -2.00. The predicted octanol–water partition coefficient (Wildman–Crippen LogP) is 5.41. The van der Waals surface area contributed by atoms with Crippen LogP contribution in [-0.4, -0.2) is 46.4 Å². The molecule has 0 unspecified atom stereocenters. The summed E-state index contributed by atoms with van der Waals surface area (Å²) >= 11 is 0. The van der Waals surface area contributed by atoms with Crippen LogP contribution in [0.15, 0.2) is 60.8 Å². The number of methoxy groups -OCH3 is 5. The summed E-state index contributed by atoms with van der Waals surface area (Å²) in [5.74, 6) is 2.06. The number of para-hydroxylation sites is 1. The molecule has 3 aromatic carbocycles. The number of ether oxygens (including phenoxy) is 5. The number of rotatable bonds is 11. The number of anilines is 1. The number of nitrogens with one attached hydrogen (secondary N) is 1. The lowest BCUT2D eigenvalue weighted by Gasteiger charge is -2.13. The molecule has 0 aromatic heterocycles. The van der Waals surface area contributed by atoms with Gasteiger partial charge < -0.3 is 34.1 Å². The van der Waals surface area contributed by atoms with Crippen LogP contribution in [0, 0.1) is 0 Å². The molecule has 0 atom stereocenters. The zero-order chi connectivity index (χ0) is 26.1. The molecule has 0 aliphatic carbocycles. The Balaban J connectivity index is 1.91. The minimum atomic E-state index is -0.222. The lowest BCUT2D eigenvalue weighted by molar-refractivity contribution is 0.104. The molecule has 0 radical (unpaired) electrons. The van der Waals surface area contributed by atoms with Crippen molar-refractivity contribution in [1.82, 2.24) is 0 Å². The van der Waals surface area contributed by atoms with Crippen LogP contribution in [-0.2, 0) is 0 Å². The Morgan fingerprint density at radius 3 is 2.03 bits per heavy atom. The van der Waals surface area contributed by atoms with Crippen molar-refractivity contribution >= 4 is 23.6 Å². The summed E-state index contributed by atoms with van der Waals surface area (Å²) in [5.41, 5.74) is 2.49. The maximum atomic E-state index is 12.6. The highest BCUT2D eigenvalue weighted by Gasteiger charge is 2.13. The zero-order valence-electron chi connectivity index (χ0n) is 20.8. The highest BCUT2D eigenvalue weighted by atomic mass is 16.5. The summed E-state index contributed by atoms with van der Waals surface area (Å²) in [6.45, 7) is 0. The number of ketones is 1. The molecule has 36 heavy (non-hydrogen) atoms. The summed E-state index contributed by atoms with van der Waals surface area (Å²) < 4.78 is 26.7. The Morgan fingerprint density at radius 2 is 1.42 bits per heavy atom. The number of carbonyl (C=O) groups is 1. The quantitative estimate of drug-likeness (QED) is 0.159. The zero-order valence-corrected chi connectivity index (χ0v) is 20.8. The molecule has 8 nitrogen and oxygen atoms in total. The highest BCUT2D eigenvalue weighted by Crippen LogP contribution is 2.39. The second kappa shape index (κ2) is 12.2. The molecular weight excluding hydrogens is 462 g/mol. The van der Waals surface area contributed by atoms with Gasteiger partial charge in [-0.2, -0.15) is 0 Å². The first kappa shape index (κ1) is 26.0. The van der Waals surface area contributed by atoms with Crippen molar-refractivity contribution in [2.45, 2.75) is 0 Å². The van der Waals surface area contributed by atoms with Gasteiger partial charge in [0, 0.05) is 29.6 Å². The molecule has 0 saturated carbocycles. The fourth-order valence-electron chi connectivity index (χ4n) is 3.54. The Labute approximate surface area is 210 Å². The molecule has 188 valence electrons. The standard InChI is InChI=1S/C28H29NO7/c1-32-24-9-7-6-8-20(24)22(30)12-13-29-21-17-25(33-2)23(31)16-19(21)11-10-18-14-26(34-3)28(36-5)27(15-18)35-4/h6-17,29,31H,1-5H3. The molecule has 3 rings (SSSR count). The van der Waals surface area contributed by atoms with Gasteiger partial charge >= 0.3 is 0 Å². The summed E-state index contributed by atoms with van der Waals surface area (Å²) in [5, 5.41) is 13.4. The average Bonchev–Trinajstić information content (AvgIpc) is 2.91. The van der Waals surface area contributed by atoms with Crippen LogP contribution in [0.3, 0.4) is 0 Å². The van der Waals surface area contributed by atoms with Crippen LogP contribution >= 0.6 is 0 Å². The third-order valence-corrected chi connectivity index (χ3v) is 5.34. The average molecular weight is 492 g/mol. The molecule has 0 aliphatic rings. The molecular formula is C28H29NO7. The Morgan fingerprint density at radius 1 is 0.778 bits per heavy atom. The fourth-order valence-corrected chi connectivity index (χ4v) is 3.54. The lowest BCUT2D eigenvalue weighted by atomic mass is 10.1. The monoisotopic (exact) mass is 491 g/mol. The van der Waals surface area contributed by atoms with Crippen molar-refractivity contribution < 1.29 is 33.6 Å². The van der Waals surface area contributed by atoms with Gasteiger partial charge in [-0.1, -0.05) is 24.3 Å². The van der Waals surface area contributed by atoms with Crippen molar-refractivity contribution in [3.05, 3.63) is 77.5 Å². The number of hydrogen-bond acceptors (Lipinski definition) is 8. The van der Waals surface area contributed by atoms with E-state index in [0.717, 1.165) is 5.56 Å². The molecule has 0 heterocycles. The third kappa shape index (κ3) is 5.90. The van der Waals surface area contributed by atoms with Gasteiger partial charge in [0.2, 0.25) is 5.75 Å². The van der Waals surface area contributed by atoms with Crippen molar-refractivity contribution in [2.24, 2.45) is 0 Å². The molecule has 2 N–H and O–H groups in total. The van der Waals surface area contributed by atoms with Gasteiger partial charge in [0.25, 0.3) is 0 Å². The maximum Gasteiger partial charge on any atom is 0.203 e. The normalized spacial score (nSPS) is 10.9. The number of phenols is 1. The molecule has 0 aliphatic heterocycles.